The Labute approximate surface area is 115 Å². The van der Waals surface area contributed by atoms with Gasteiger partial charge in [0, 0.05) is 12.6 Å². The number of carbonyl (C=O) groups is 1. The van der Waals surface area contributed by atoms with Gasteiger partial charge in [-0.2, -0.15) is 0 Å². The van der Waals surface area contributed by atoms with Gasteiger partial charge in [-0.3, -0.25) is 4.79 Å². The minimum atomic E-state index is -0.737. The van der Waals surface area contributed by atoms with E-state index in [4.69, 9.17) is 4.74 Å². The lowest BCUT2D eigenvalue weighted by Gasteiger charge is -2.44. The van der Waals surface area contributed by atoms with E-state index < -0.39 is 12.0 Å². The molecular formula is C15H27NO3. The predicted molar refractivity (Wildman–Crippen MR) is 74.2 cm³/mol. The van der Waals surface area contributed by atoms with E-state index in [0.29, 0.717) is 0 Å². The summed E-state index contributed by atoms with van der Waals surface area (Å²) in [5.74, 6) is -0.623. The number of carboxylic acids is 1. The molecule has 1 heterocycles. The van der Waals surface area contributed by atoms with Crippen LogP contribution in [0.1, 0.15) is 58.8 Å². The first-order valence-corrected chi connectivity index (χ1v) is 7.65. The second-order valence-corrected chi connectivity index (χ2v) is 6.51. The second kappa shape index (κ2) is 6.23. The lowest BCUT2D eigenvalue weighted by atomic mass is 9.78. The summed E-state index contributed by atoms with van der Waals surface area (Å²) in [6.45, 7) is 4.69. The van der Waals surface area contributed by atoms with Gasteiger partial charge in [0.05, 0.1) is 5.60 Å². The van der Waals surface area contributed by atoms with Crippen molar-refractivity contribution >= 4 is 5.97 Å². The summed E-state index contributed by atoms with van der Waals surface area (Å²) in [7, 11) is 0. The smallest absolute Gasteiger partial charge is 0.320 e. The van der Waals surface area contributed by atoms with Crippen molar-refractivity contribution in [3.05, 3.63) is 0 Å². The monoisotopic (exact) mass is 269 g/mol. The van der Waals surface area contributed by atoms with Crippen LogP contribution in [0.4, 0.5) is 0 Å². The molecule has 2 atom stereocenters. The summed E-state index contributed by atoms with van der Waals surface area (Å²) >= 11 is 0. The molecule has 0 aromatic carbocycles. The first-order chi connectivity index (χ1) is 9.02. The Kier molecular flexibility index (Phi) is 4.85. The highest BCUT2D eigenvalue weighted by Gasteiger charge is 2.39. The zero-order valence-electron chi connectivity index (χ0n) is 12.2. The van der Waals surface area contributed by atoms with Gasteiger partial charge in [0.2, 0.25) is 0 Å². The zero-order chi connectivity index (χ0) is 13.9. The average molecular weight is 269 g/mol. The highest BCUT2D eigenvalue weighted by Crippen LogP contribution is 2.38. The van der Waals surface area contributed by atoms with E-state index in [0.717, 1.165) is 32.3 Å². The lowest BCUT2D eigenvalue weighted by molar-refractivity contribution is -0.142. The van der Waals surface area contributed by atoms with E-state index in [1.807, 2.05) is 13.8 Å². The maximum atomic E-state index is 11.3. The normalized spacial score (nSPS) is 28.5. The van der Waals surface area contributed by atoms with Crippen LogP contribution in [0.5, 0.6) is 0 Å². The van der Waals surface area contributed by atoms with Crippen molar-refractivity contribution in [2.75, 3.05) is 6.61 Å². The van der Waals surface area contributed by atoms with Crippen LogP contribution in [0.3, 0.4) is 0 Å². The fourth-order valence-corrected chi connectivity index (χ4v) is 3.52. The Morgan fingerprint density at radius 1 is 1.32 bits per heavy atom. The molecule has 1 saturated heterocycles. The number of carboxylic acid groups (broad SMARTS) is 1. The van der Waals surface area contributed by atoms with E-state index in [1.54, 1.807) is 0 Å². The standard InChI is InChI=1S/C15H27NO3/c1-11(2)13(14(17)18)16-12-6-9-19-15(10-12)7-4-3-5-8-15/h11-13,16H,3-10H2,1-2H3,(H,17,18). The molecule has 0 bridgehead atoms. The maximum Gasteiger partial charge on any atom is 0.320 e. The highest BCUT2D eigenvalue weighted by molar-refractivity contribution is 5.73. The molecular weight excluding hydrogens is 242 g/mol. The second-order valence-electron chi connectivity index (χ2n) is 6.51. The number of hydrogen-bond donors (Lipinski definition) is 2. The first kappa shape index (κ1) is 14.8. The molecule has 0 aromatic rings. The third-order valence-corrected chi connectivity index (χ3v) is 4.61. The molecule has 1 saturated carbocycles. The number of nitrogens with one attached hydrogen (secondary N) is 1. The van der Waals surface area contributed by atoms with Crippen LogP contribution in [0, 0.1) is 5.92 Å². The van der Waals surface area contributed by atoms with Crippen LogP contribution in [0.2, 0.25) is 0 Å². The molecule has 2 rings (SSSR count). The van der Waals surface area contributed by atoms with Crippen LogP contribution < -0.4 is 5.32 Å². The Hall–Kier alpha value is -0.610. The van der Waals surface area contributed by atoms with Gasteiger partial charge in [-0.25, -0.2) is 0 Å². The topological polar surface area (TPSA) is 58.6 Å². The Morgan fingerprint density at radius 2 is 2.00 bits per heavy atom. The van der Waals surface area contributed by atoms with Gasteiger partial charge in [-0.1, -0.05) is 33.1 Å². The molecule has 4 heteroatoms. The van der Waals surface area contributed by atoms with Gasteiger partial charge in [-0.15, -0.1) is 0 Å². The molecule has 1 aliphatic heterocycles. The predicted octanol–water partition coefficient (Wildman–Crippen LogP) is 2.57. The highest BCUT2D eigenvalue weighted by atomic mass is 16.5. The summed E-state index contributed by atoms with van der Waals surface area (Å²) in [6, 6.07) is -0.154. The van der Waals surface area contributed by atoms with Gasteiger partial charge < -0.3 is 15.2 Å². The third-order valence-electron chi connectivity index (χ3n) is 4.61. The molecule has 110 valence electrons. The van der Waals surface area contributed by atoms with Crippen LogP contribution >= 0.6 is 0 Å². The van der Waals surface area contributed by atoms with Crippen molar-refractivity contribution < 1.29 is 14.6 Å². The molecule has 19 heavy (non-hydrogen) atoms. The van der Waals surface area contributed by atoms with Gasteiger partial charge >= 0.3 is 5.97 Å². The Bertz CT molecular complexity index is 305. The minimum absolute atomic E-state index is 0.0359. The SMILES string of the molecule is CC(C)C(NC1CCOC2(CCCCC2)C1)C(=O)O. The van der Waals surface area contributed by atoms with Crippen molar-refractivity contribution in [1.29, 1.82) is 0 Å². The fourth-order valence-electron chi connectivity index (χ4n) is 3.52. The molecule has 1 spiro atoms. The molecule has 0 aromatic heterocycles. The van der Waals surface area contributed by atoms with Crippen LogP contribution in [0.25, 0.3) is 0 Å². The molecule has 1 aliphatic carbocycles. The van der Waals surface area contributed by atoms with Crippen molar-refractivity contribution in [3.8, 4) is 0 Å². The molecule has 2 N–H and O–H groups in total. The van der Waals surface area contributed by atoms with Crippen LogP contribution in [-0.4, -0.2) is 35.4 Å². The summed E-state index contributed by atoms with van der Waals surface area (Å²) < 4.78 is 6.05. The zero-order valence-corrected chi connectivity index (χ0v) is 12.2. The molecule has 4 nitrogen and oxygen atoms in total. The van der Waals surface area contributed by atoms with Crippen molar-refractivity contribution in [2.45, 2.75) is 76.5 Å². The van der Waals surface area contributed by atoms with Gasteiger partial charge in [-0.05, 0) is 31.6 Å². The quantitative estimate of drug-likeness (QED) is 0.823. The van der Waals surface area contributed by atoms with Gasteiger partial charge in [0.15, 0.2) is 0 Å². The Morgan fingerprint density at radius 3 is 2.58 bits per heavy atom. The first-order valence-electron chi connectivity index (χ1n) is 7.65. The van der Waals surface area contributed by atoms with E-state index in [1.165, 1.54) is 19.3 Å². The molecule has 0 radical (unpaired) electrons. The summed E-state index contributed by atoms with van der Waals surface area (Å²) in [5, 5.41) is 12.6. The van der Waals surface area contributed by atoms with E-state index >= 15 is 0 Å². The van der Waals surface area contributed by atoms with Crippen molar-refractivity contribution in [2.24, 2.45) is 5.92 Å². The minimum Gasteiger partial charge on any atom is -0.480 e. The van der Waals surface area contributed by atoms with Gasteiger partial charge in [0.25, 0.3) is 0 Å². The van der Waals surface area contributed by atoms with Crippen LogP contribution in [0.15, 0.2) is 0 Å². The van der Waals surface area contributed by atoms with E-state index in [2.05, 4.69) is 5.32 Å². The lowest BCUT2D eigenvalue weighted by Crippen LogP contribution is -2.53. The van der Waals surface area contributed by atoms with Crippen LogP contribution in [-0.2, 0) is 9.53 Å². The fraction of sp³-hybridized carbons (Fsp3) is 0.933. The summed E-state index contributed by atoms with van der Waals surface area (Å²) in [6.07, 6.45) is 8.00. The van der Waals surface area contributed by atoms with Gasteiger partial charge in [0.1, 0.15) is 6.04 Å². The van der Waals surface area contributed by atoms with Crippen molar-refractivity contribution in [1.82, 2.24) is 5.32 Å². The molecule has 0 amide bonds. The largest absolute Gasteiger partial charge is 0.480 e. The maximum absolute atomic E-state index is 11.3. The third kappa shape index (κ3) is 3.69. The molecule has 2 aliphatic rings. The summed E-state index contributed by atoms with van der Waals surface area (Å²) in [5.41, 5.74) is 0.0359. The van der Waals surface area contributed by atoms with E-state index in [9.17, 15) is 9.90 Å². The van der Waals surface area contributed by atoms with Crippen molar-refractivity contribution in [3.63, 3.8) is 0 Å². The van der Waals surface area contributed by atoms with E-state index in [-0.39, 0.29) is 17.6 Å². The average Bonchev–Trinajstić information content (AvgIpc) is 2.36. The number of aliphatic carboxylic acids is 1. The summed E-state index contributed by atoms with van der Waals surface area (Å²) in [4.78, 5) is 11.3. The number of hydrogen-bond acceptors (Lipinski definition) is 3. The molecule has 2 fully saturated rings. The number of rotatable bonds is 4. The Balaban J connectivity index is 1.95. The number of ether oxygens (including phenoxy) is 1. The molecule has 2 unspecified atom stereocenters.